The number of para-hydroxylation sites is 1. The third-order valence-corrected chi connectivity index (χ3v) is 7.85. The molecule has 5 nitrogen and oxygen atoms in total. The second-order valence-corrected chi connectivity index (χ2v) is 13.1. The van der Waals surface area contributed by atoms with E-state index < -0.39 is 11.4 Å². The molecule has 0 amide bonds. The average Bonchev–Trinajstić information content (AvgIpc) is 3.22. The lowest BCUT2D eigenvalue weighted by atomic mass is 9.84. The minimum Gasteiger partial charge on any atom is -0.487 e. The Kier molecular flexibility index (Phi) is 7.85. The van der Waals surface area contributed by atoms with Gasteiger partial charge in [-0.1, -0.05) is 56.6 Å². The van der Waals surface area contributed by atoms with Crippen LogP contribution in [0.15, 0.2) is 78.9 Å². The molecule has 2 aromatic heterocycles. The van der Waals surface area contributed by atoms with Gasteiger partial charge in [-0.05, 0) is 92.3 Å². The molecule has 41 heavy (non-hydrogen) atoms. The molecule has 0 unspecified atom stereocenters. The van der Waals surface area contributed by atoms with E-state index in [0.29, 0.717) is 18.1 Å². The van der Waals surface area contributed by atoms with Gasteiger partial charge in [0.05, 0.1) is 22.1 Å². The Hall–Kier alpha value is -3.83. The average molecular weight is 569 g/mol. The molecule has 5 aromatic rings. The number of aliphatic carboxylic acids is 1. The molecule has 0 saturated carbocycles. The molecule has 6 heteroatoms. The van der Waals surface area contributed by atoms with Crippen molar-refractivity contribution < 1.29 is 14.6 Å². The molecule has 212 valence electrons. The first-order chi connectivity index (χ1) is 19.4. The summed E-state index contributed by atoms with van der Waals surface area (Å²) in [6, 6.07) is 26.0. The zero-order valence-corrected chi connectivity index (χ0v) is 25.1. The van der Waals surface area contributed by atoms with E-state index in [2.05, 4.69) is 49.6 Å². The standard InChI is InChI=1S/C35H37ClN2O3/c1-34(2,3)19-18-28-29-20-27(41-22-25-13-10-23-8-6-7-9-30(23)37-25)16-17-31(29)38(26-14-11-24(36)12-15-26)32(28)21-35(4,5)33(39)40/h6-17,20H,18-19,21-22H2,1-5H3,(H,39,40). The van der Waals surface area contributed by atoms with Crippen molar-refractivity contribution in [1.82, 2.24) is 9.55 Å². The maximum absolute atomic E-state index is 12.3. The summed E-state index contributed by atoms with van der Waals surface area (Å²) in [6.45, 7) is 10.6. The number of aryl methyl sites for hydroxylation is 1. The summed E-state index contributed by atoms with van der Waals surface area (Å²) in [4.78, 5) is 17.0. The summed E-state index contributed by atoms with van der Waals surface area (Å²) >= 11 is 6.24. The molecular weight excluding hydrogens is 532 g/mol. The van der Waals surface area contributed by atoms with Gasteiger partial charge in [0.15, 0.2) is 0 Å². The van der Waals surface area contributed by atoms with Crippen LogP contribution in [0.25, 0.3) is 27.5 Å². The molecule has 0 atom stereocenters. The zero-order chi connectivity index (χ0) is 29.4. The molecule has 5 rings (SSSR count). The SMILES string of the molecule is CC(C)(C)CCc1c(CC(C)(C)C(=O)O)n(-c2ccc(Cl)cc2)c2ccc(OCc3ccc4ccccc4n3)cc12. The number of hydrogen-bond donors (Lipinski definition) is 1. The maximum atomic E-state index is 12.3. The van der Waals surface area contributed by atoms with Crippen LogP contribution in [0.4, 0.5) is 0 Å². The Morgan fingerprint density at radius 3 is 2.39 bits per heavy atom. The van der Waals surface area contributed by atoms with Gasteiger partial charge in [-0.2, -0.15) is 0 Å². The van der Waals surface area contributed by atoms with Crippen molar-refractivity contribution in [2.75, 3.05) is 0 Å². The maximum Gasteiger partial charge on any atom is 0.309 e. The van der Waals surface area contributed by atoms with Crippen molar-refractivity contribution in [3.8, 4) is 11.4 Å². The van der Waals surface area contributed by atoms with Crippen LogP contribution in [0, 0.1) is 10.8 Å². The van der Waals surface area contributed by atoms with Gasteiger partial charge in [0.1, 0.15) is 12.4 Å². The fourth-order valence-electron chi connectivity index (χ4n) is 5.17. The van der Waals surface area contributed by atoms with Crippen molar-refractivity contribution in [3.63, 3.8) is 0 Å². The Bertz CT molecular complexity index is 1710. The fraction of sp³-hybridized carbons (Fsp3) is 0.314. The van der Waals surface area contributed by atoms with Gasteiger partial charge < -0.3 is 14.4 Å². The molecular formula is C35H37ClN2O3. The zero-order valence-electron chi connectivity index (χ0n) is 24.4. The van der Waals surface area contributed by atoms with E-state index in [-0.39, 0.29) is 5.41 Å². The van der Waals surface area contributed by atoms with E-state index in [1.807, 2.05) is 54.6 Å². The molecule has 0 aliphatic rings. The van der Waals surface area contributed by atoms with Crippen LogP contribution < -0.4 is 4.74 Å². The first-order valence-corrected chi connectivity index (χ1v) is 14.4. The number of nitrogens with zero attached hydrogens (tertiary/aromatic N) is 2. The van der Waals surface area contributed by atoms with Crippen LogP contribution in [0.2, 0.25) is 5.02 Å². The van der Waals surface area contributed by atoms with Crippen LogP contribution in [-0.2, 0) is 24.2 Å². The van der Waals surface area contributed by atoms with E-state index in [9.17, 15) is 9.90 Å². The monoisotopic (exact) mass is 568 g/mol. The van der Waals surface area contributed by atoms with Gasteiger partial charge in [0.2, 0.25) is 0 Å². The van der Waals surface area contributed by atoms with Crippen molar-refractivity contribution in [1.29, 1.82) is 0 Å². The second-order valence-electron chi connectivity index (χ2n) is 12.6. The number of carboxylic acid groups (broad SMARTS) is 1. The number of aromatic nitrogens is 2. The third-order valence-electron chi connectivity index (χ3n) is 7.59. The molecule has 0 spiro atoms. The molecule has 3 aromatic carbocycles. The summed E-state index contributed by atoms with van der Waals surface area (Å²) in [7, 11) is 0. The number of pyridine rings is 1. The predicted molar refractivity (Wildman–Crippen MR) is 167 cm³/mol. The number of hydrogen-bond acceptors (Lipinski definition) is 3. The Labute approximate surface area is 246 Å². The highest BCUT2D eigenvalue weighted by molar-refractivity contribution is 6.30. The van der Waals surface area contributed by atoms with Crippen LogP contribution >= 0.6 is 11.6 Å². The molecule has 0 saturated heterocycles. The first-order valence-electron chi connectivity index (χ1n) is 14.0. The number of halogens is 1. The van der Waals surface area contributed by atoms with E-state index in [1.165, 1.54) is 0 Å². The number of fused-ring (bicyclic) bond motifs is 2. The lowest BCUT2D eigenvalue weighted by molar-refractivity contribution is -0.146. The highest BCUT2D eigenvalue weighted by Gasteiger charge is 2.32. The summed E-state index contributed by atoms with van der Waals surface area (Å²) in [6.07, 6.45) is 2.16. The third kappa shape index (κ3) is 6.41. The van der Waals surface area contributed by atoms with Crippen molar-refractivity contribution in [3.05, 3.63) is 101 Å². The smallest absolute Gasteiger partial charge is 0.309 e. The Morgan fingerprint density at radius 2 is 1.68 bits per heavy atom. The van der Waals surface area contributed by atoms with Gasteiger partial charge in [0, 0.05) is 33.6 Å². The minimum absolute atomic E-state index is 0.115. The van der Waals surface area contributed by atoms with Crippen molar-refractivity contribution in [2.45, 2.75) is 60.5 Å². The highest BCUT2D eigenvalue weighted by Crippen LogP contribution is 2.38. The van der Waals surface area contributed by atoms with E-state index in [4.69, 9.17) is 21.3 Å². The lowest BCUT2D eigenvalue weighted by Gasteiger charge is -2.23. The molecule has 2 heterocycles. The normalized spacial score (nSPS) is 12.2. The molecule has 0 bridgehead atoms. The number of benzene rings is 3. The quantitative estimate of drug-likeness (QED) is 0.193. The fourth-order valence-corrected chi connectivity index (χ4v) is 5.29. The number of rotatable bonds is 9. The second kappa shape index (κ2) is 11.2. The summed E-state index contributed by atoms with van der Waals surface area (Å²) in [5.74, 6) is -0.0686. The first kappa shape index (κ1) is 28.7. The van der Waals surface area contributed by atoms with Gasteiger partial charge in [-0.25, -0.2) is 4.98 Å². The largest absolute Gasteiger partial charge is 0.487 e. The van der Waals surface area contributed by atoms with Gasteiger partial charge in [0.25, 0.3) is 0 Å². The van der Waals surface area contributed by atoms with E-state index >= 15 is 0 Å². The number of carbonyl (C=O) groups is 1. The van der Waals surface area contributed by atoms with E-state index in [0.717, 1.165) is 63.0 Å². The minimum atomic E-state index is -0.948. The van der Waals surface area contributed by atoms with E-state index in [1.54, 1.807) is 13.8 Å². The van der Waals surface area contributed by atoms with Crippen LogP contribution in [0.1, 0.15) is 58.0 Å². The molecule has 1 N–H and O–H groups in total. The topological polar surface area (TPSA) is 64.3 Å². The van der Waals surface area contributed by atoms with Gasteiger partial charge >= 0.3 is 5.97 Å². The van der Waals surface area contributed by atoms with Crippen molar-refractivity contribution in [2.24, 2.45) is 10.8 Å². The summed E-state index contributed by atoms with van der Waals surface area (Å²) < 4.78 is 8.47. The lowest BCUT2D eigenvalue weighted by Crippen LogP contribution is -2.27. The predicted octanol–water partition coefficient (Wildman–Crippen LogP) is 9.04. The molecule has 0 radical (unpaired) electrons. The van der Waals surface area contributed by atoms with Gasteiger partial charge in [-0.3, -0.25) is 4.79 Å². The number of carboxylic acids is 1. The number of ether oxygens (including phenoxy) is 1. The Balaban J connectivity index is 1.61. The Morgan fingerprint density at radius 1 is 0.951 bits per heavy atom. The molecule has 0 aliphatic carbocycles. The van der Waals surface area contributed by atoms with Crippen LogP contribution in [-0.4, -0.2) is 20.6 Å². The molecule has 0 fully saturated rings. The van der Waals surface area contributed by atoms with Crippen molar-refractivity contribution >= 4 is 39.4 Å². The highest BCUT2D eigenvalue weighted by atomic mass is 35.5. The van der Waals surface area contributed by atoms with Gasteiger partial charge in [-0.15, -0.1) is 0 Å². The summed E-state index contributed by atoms with van der Waals surface area (Å²) in [5, 5.41) is 12.9. The summed E-state index contributed by atoms with van der Waals surface area (Å²) in [5.41, 5.74) is 5.11. The van der Waals surface area contributed by atoms with Crippen LogP contribution in [0.3, 0.4) is 0 Å². The van der Waals surface area contributed by atoms with Crippen LogP contribution in [0.5, 0.6) is 5.75 Å². The molecule has 0 aliphatic heterocycles.